The second-order valence-corrected chi connectivity index (χ2v) is 3.41. The fourth-order valence-electron chi connectivity index (χ4n) is 1.73. The van der Waals surface area contributed by atoms with Gasteiger partial charge in [0.2, 0.25) is 0 Å². The molecule has 1 atom stereocenters. The van der Waals surface area contributed by atoms with E-state index in [2.05, 4.69) is 6.58 Å². The van der Waals surface area contributed by atoms with Crippen LogP contribution in [0.5, 0.6) is 0 Å². The molecule has 0 N–H and O–H groups in total. The number of likely N-dealkylation sites (tertiary alicyclic amines) is 1. The van der Waals surface area contributed by atoms with E-state index < -0.39 is 12.1 Å². The molecule has 0 bridgehead atoms. The van der Waals surface area contributed by atoms with Gasteiger partial charge in [-0.15, -0.1) is 6.58 Å². The van der Waals surface area contributed by atoms with Crippen LogP contribution in [0.3, 0.4) is 0 Å². The first-order valence-corrected chi connectivity index (χ1v) is 4.78. The number of carbonyl (C=O) groups excluding carboxylic acids is 2. The molecule has 0 aromatic heterocycles. The molecule has 0 radical (unpaired) electrons. The zero-order valence-corrected chi connectivity index (χ0v) is 8.07. The van der Waals surface area contributed by atoms with Crippen LogP contribution >= 0.6 is 0 Å². The molecule has 1 amide bonds. The van der Waals surface area contributed by atoms with Crippen LogP contribution in [0.25, 0.3) is 0 Å². The summed E-state index contributed by atoms with van der Waals surface area (Å²) in [4.78, 5) is 23.3. The third-order valence-electron chi connectivity index (χ3n) is 2.45. The molecule has 1 saturated heterocycles. The zero-order valence-electron chi connectivity index (χ0n) is 8.07. The Morgan fingerprint density at radius 3 is 2.86 bits per heavy atom. The second kappa shape index (κ2) is 4.79. The van der Waals surface area contributed by atoms with E-state index in [9.17, 15) is 14.7 Å². The molecular weight excluding hydrogens is 182 g/mol. The smallest absolute Gasteiger partial charge is 0.155 e. The average molecular weight is 196 g/mol. The Morgan fingerprint density at radius 2 is 2.29 bits per heavy atom. The number of rotatable bonds is 4. The van der Waals surface area contributed by atoms with Gasteiger partial charge in [-0.05, 0) is 19.3 Å². The number of allylic oxidation sites excluding steroid dienone is 1. The number of hydrogen-bond donors (Lipinski definition) is 0. The van der Waals surface area contributed by atoms with Gasteiger partial charge in [-0.25, -0.2) is 0 Å². The Bertz CT molecular complexity index is 250. The number of Topliss-reactive ketones (excluding diaryl/α,β-unsaturated/α-hetero) is 1. The quantitative estimate of drug-likeness (QED) is 0.609. The minimum atomic E-state index is -1.24. The Labute approximate surface area is 83.2 Å². The molecule has 14 heavy (non-hydrogen) atoms. The van der Waals surface area contributed by atoms with Crippen molar-refractivity contribution in [3.63, 3.8) is 0 Å². The Morgan fingerprint density at radius 1 is 1.57 bits per heavy atom. The van der Waals surface area contributed by atoms with Gasteiger partial charge < -0.3 is 14.8 Å². The summed E-state index contributed by atoms with van der Waals surface area (Å²) in [6.45, 7) is 3.94. The lowest BCUT2D eigenvalue weighted by Crippen LogP contribution is -2.47. The third kappa shape index (κ3) is 2.34. The highest BCUT2D eigenvalue weighted by Crippen LogP contribution is 2.18. The Balaban J connectivity index is 2.53. The van der Waals surface area contributed by atoms with Gasteiger partial charge in [-0.1, -0.05) is 6.08 Å². The molecule has 78 valence electrons. The monoisotopic (exact) mass is 196 g/mol. The molecule has 1 unspecified atom stereocenters. The number of nitrogens with zero attached hydrogens (tertiary/aromatic N) is 1. The van der Waals surface area contributed by atoms with Crippen molar-refractivity contribution in [2.75, 3.05) is 6.54 Å². The van der Waals surface area contributed by atoms with Gasteiger partial charge in [0.15, 0.2) is 5.78 Å². The van der Waals surface area contributed by atoms with Crippen molar-refractivity contribution < 1.29 is 14.7 Å². The number of carbonyl (C=O) groups is 2. The van der Waals surface area contributed by atoms with Crippen molar-refractivity contribution in [1.82, 2.24) is 4.90 Å². The van der Waals surface area contributed by atoms with Gasteiger partial charge in [0.05, 0.1) is 6.04 Å². The van der Waals surface area contributed by atoms with Crippen LogP contribution in [-0.4, -0.2) is 29.4 Å². The first-order valence-electron chi connectivity index (χ1n) is 4.78. The molecule has 1 rings (SSSR count). The average Bonchev–Trinajstić information content (AvgIpc) is 2.62. The summed E-state index contributed by atoms with van der Waals surface area (Å²) in [5.41, 5.74) is 0. The van der Waals surface area contributed by atoms with Gasteiger partial charge in [0.25, 0.3) is 0 Å². The number of amides is 1. The van der Waals surface area contributed by atoms with E-state index in [4.69, 9.17) is 0 Å². The first-order chi connectivity index (χ1) is 6.66. The van der Waals surface area contributed by atoms with E-state index in [1.54, 1.807) is 6.08 Å². The minimum absolute atomic E-state index is 0.0217. The maximum absolute atomic E-state index is 11.5. The maximum atomic E-state index is 11.5. The molecule has 0 aromatic rings. The van der Waals surface area contributed by atoms with Crippen molar-refractivity contribution in [1.29, 1.82) is 0 Å². The lowest BCUT2D eigenvalue weighted by atomic mass is 10.1. The summed E-state index contributed by atoms with van der Waals surface area (Å²) < 4.78 is 0. The lowest BCUT2D eigenvalue weighted by molar-refractivity contribution is -0.266. The number of hydrogen-bond acceptors (Lipinski definition) is 3. The van der Waals surface area contributed by atoms with E-state index >= 15 is 0 Å². The van der Waals surface area contributed by atoms with Crippen molar-refractivity contribution in [3.05, 3.63) is 12.7 Å². The molecule has 4 nitrogen and oxygen atoms in total. The summed E-state index contributed by atoms with van der Waals surface area (Å²) in [5, 5.41) is 10.6. The van der Waals surface area contributed by atoms with Gasteiger partial charge in [0.1, 0.15) is 6.09 Å². The van der Waals surface area contributed by atoms with Crippen molar-refractivity contribution >= 4 is 11.9 Å². The molecule has 1 heterocycles. The van der Waals surface area contributed by atoms with Crippen LogP contribution in [0.4, 0.5) is 4.79 Å². The largest absolute Gasteiger partial charge is 0.530 e. The predicted octanol–water partition coefficient (Wildman–Crippen LogP) is 0.329. The highest BCUT2D eigenvalue weighted by atomic mass is 16.4. The predicted molar refractivity (Wildman–Crippen MR) is 49.6 cm³/mol. The first kappa shape index (κ1) is 10.8. The summed E-state index contributed by atoms with van der Waals surface area (Å²) in [7, 11) is 0. The maximum Gasteiger partial charge on any atom is 0.155 e. The van der Waals surface area contributed by atoms with Gasteiger partial charge in [-0.3, -0.25) is 4.79 Å². The van der Waals surface area contributed by atoms with Gasteiger partial charge in [-0.2, -0.15) is 0 Å². The Kier molecular flexibility index (Phi) is 3.68. The van der Waals surface area contributed by atoms with Gasteiger partial charge in [0, 0.05) is 13.0 Å². The normalized spacial score (nSPS) is 20.9. The van der Waals surface area contributed by atoms with Crippen LogP contribution in [-0.2, 0) is 4.79 Å². The highest BCUT2D eigenvalue weighted by molar-refractivity contribution is 5.87. The minimum Gasteiger partial charge on any atom is -0.530 e. The molecule has 0 aromatic carbocycles. The van der Waals surface area contributed by atoms with E-state index in [1.807, 2.05) is 0 Å². The van der Waals surface area contributed by atoms with E-state index in [0.717, 1.165) is 11.3 Å². The van der Waals surface area contributed by atoms with E-state index in [1.165, 1.54) is 0 Å². The van der Waals surface area contributed by atoms with Crippen LogP contribution < -0.4 is 5.11 Å². The van der Waals surface area contributed by atoms with Crippen LogP contribution in [0.15, 0.2) is 12.7 Å². The third-order valence-corrected chi connectivity index (χ3v) is 2.45. The SMILES string of the molecule is C=CCCC(=O)C1CCCN1C(=O)[O-]. The molecule has 1 aliphatic rings. The number of ketones is 1. The second-order valence-electron chi connectivity index (χ2n) is 3.41. The topological polar surface area (TPSA) is 60.4 Å². The molecule has 0 aliphatic carbocycles. The molecule has 0 spiro atoms. The van der Waals surface area contributed by atoms with E-state index in [-0.39, 0.29) is 5.78 Å². The molecule has 1 fully saturated rings. The zero-order chi connectivity index (χ0) is 10.6. The summed E-state index contributed by atoms with van der Waals surface area (Å²) in [6.07, 6.45) is 2.78. The Hall–Kier alpha value is -1.32. The van der Waals surface area contributed by atoms with Crippen LogP contribution in [0.1, 0.15) is 25.7 Å². The lowest BCUT2D eigenvalue weighted by Gasteiger charge is -2.25. The van der Waals surface area contributed by atoms with Crippen molar-refractivity contribution in [2.24, 2.45) is 0 Å². The summed E-state index contributed by atoms with van der Waals surface area (Å²) in [6, 6.07) is -0.472. The molecular formula is C10H14NO3-. The van der Waals surface area contributed by atoms with E-state index in [0.29, 0.717) is 25.8 Å². The van der Waals surface area contributed by atoms with Crippen molar-refractivity contribution in [2.45, 2.75) is 31.7 Å². The fourth-order valence-corrected chi connectivity index (χ4v) is 1.73. The van der Waals surface area contributed by atoms with Crippen LogP contribution in [0.2, 0.25) is 0 Å². The van der Waals surface area contributed by atoms with Crippen LogP contribution in [0, 0.1) is 0 Å². The summed E-state index contributed by atoms with van der Waals surface area (Å²) >= 11 is 0. The standard InChI is InChI=1S/C10H15NO3/c1-2-3-6-9(12)8-5-4-7-11(8)10(13)14/h2,8H,1,3-7H2,(H,13,14)/p-1. The highest BCUT2D eigenvalue weighted by Gasteiger charge is 2.29. The fraction of sp³-hybridized carbons (Fsp3) is 0.600. The molecule has 0 saturated carbocycles. The van der Waals surface area contributed by atoms with Crippen molar-refractivity contribution in [3.8, 4) is 0 Å². The van der Waals surface area contributed by atoms with Gasteiger partial charge >= 0.3 is 0 Å². The molecule has 4 heteroatoms. The molecule has 1 aliphatic heterocycles. The number of carboxylic acid groups (broad SMARTS) is 1. The summed E-state index contributed by atoms with van der Waals surface area (Å²) in [5.74, 6) is -0.0217.